The second kappa shape index (κ2) is 10.8. The Kier molecular flexibility index (Phi) is 7.39. The zero-order chi connectivity index (χ0) is 30.2. The minimum absolute atomic E-state index is 0.0256. The molecule has 14 heteroatoms. The molecule has 218 valence electrons. The first kappa shape index (κ1) is 28.6. The highest BCUT2D eigenvalue weighted by Crippen LogP contribution is 2.40. The van der Waals surface area contributed by atoms with Crippen molar-refractivity contribution in [3.8, 4) is 0 Å². The van der Waals surface area contributed by atoms with Gasteiger partial charge in [-0.25, -0.2) is 4.98 Å². The first-order chi connectivity index (χ1) is 19.8. The van der Waals surface area contributed by atoms with Crippen LogP contribution in [-0.2, 0) is 12.4 Å². The normalized spacial score (nSPS) is 14.2. The van der Waals surface area contributed by atoms with Crippen LogP contribution in [0.1, 0.15) is 42.2 Å². The third kappa shape index (κ3) is 5.64. The van der Waals surface area contributed by atoms with Gasteiger partial charge in [0.2, 0.25) is 0 Å². The van der Waals surface area contributed by atoms with Crippen LogP contribution >= 0.6 is 0 Å². The van der Waals surface area contributed by atoms with E-state index in [1.807, 2.05) is 5.32 Å². The molecule has 8 nitrogen and oxygen atoms in total. The number of carbonyl (C=O) groups excluding carboxylic acids is 3. The summed E-state index contributed by atoms with van der Waals surface area (Å²) in [5, 5.41) is 1.99. The Bertz CT molecular complexity index is 1670. The topological polar surface area (TPSA) is 98.4 Å². The third-order valence-electron chi connectivity index (χ3n) is 6.85. The Hall–Kier alpha value is -4.88. The number of nitrogens with one attached hydrogen (secondary N) is 2. The summed E-state index contributed by atoms with van der Waals surface area (Å²) >= 11 is 0. The SMILES string of the molecule is O=C(NC(=O)c1cccc(N2CCN(C(=O)c3ccccc3C(F)(F)F)CC2)c1C(F)(F)F)c1ccc2nc[nH]c2c1. The molecule has 1 aromatic heterocycles. The number of benzene rings is 3. The number of piperazine rings is 1. The Morgan fingerprint density at radius 1 is 0.786 bits per heavy atom. The number of amides is 3. The maximum atomic E-state index is 14.3. The summed E-state index contributed by atoms with van der Waals surface area (Å²) in [7, 11) is 0. The number of nitrogens with zero attached hydrogens (tertiary/aromatic N) is 3. The average molecular weight is 589 g/mol. The van der Waals surface area contributed by atoms with Crippen LogP contribution in [0.25, 0.3) is 11.0 Å². The van der Waals surface area contributed by atoms with Gasteiger partial charge in [-0.05, 0) is 42.5 Å². The van der Waals surface area contributed by atoms with Gasteiger partial charge in [0.05, 0.1) is 39.6 Å². The molecule has 2 heterocycles. The lowest BCUT2D eigenvalue weighted by atomic mass is 10.0. The predicted octanol–water partition coefficient (Wildman–Crippen LogP) is 5.13. The zero-order valence-electron chi connectivity index (χ0n) is 21.5. The molecule has 0 bridgehead atoms. The van der Waals surface area contributed by atoms with Crippen molar-refractivity contribution < 1.29 is 40.7 Å². The summed E-state index contributed by atoms with van der Waals surface area (Å²) in [6.07, 6.45) is -8.36. The highest BCUT2D eigenvalue weighted by Gasteiger charge is 2.41. The number of halogens is 6. The molecule has 0 radical (unpaired) electrons. The van der Waals surface area contributed by atoms with Crippen molar-refractivity contribution in [3.05, 3.63) is 94.8 Å². The molecule has 0 atom stereocenters. The second-order valence-corrected chi connectivity index (χ2v) is 9.44. The van der Waals surface area contributed by atoms with Crippen LogP contribution in [0.15, 0.2) is 67.0 Å². The zero-order valence-corrected chi connectivity index (χ0v) is 21.5. The van der Waals surface area contributed by atoms with Gasteiger partial charge >= 0.3 is 12.4 Å². The molecule has 3 aromatic carbocycles. The summed E-state index contributed by atoms with van der Waals surface area (Å²) in [4.78, 5) is 47.8. The highest BCUT2D eigenvalue weighted by atomic mass is 19.4. The van der Waals surface area contributed by atoms with Crippen LogP contribution in [0.4, 0.5) is 32.0 Å². The number of imide groups is 1. The van der Waals surface area contributed by atoms with E-state index in [4.69, 9.17) is 0 Å². The van der Waals surface area contributed by atoms with Crippen LogP contribution in [0.2, 0.25) is 0 Å². The molecule has 3 amide bonds. The van der Waals surface area contributed by atoms with E-state index in [0.29, 0.717) is 11.0 Å². The molecule has 5 rings (SSSR count). The number of carbonyl (C=O) groups is 3. The van der Waals surface area contributed by atoms with Crippen molar-refractivity contribution in [1.82, 2.24) is 20.2 Å². The fraction of sp³-hybridized carbons (Fsp3) is 0.214. The summed E-state index contributed by atoms with van der Waals surface area (Å²) < 4.78 is 83.2. The number of hydrogen-bond acceptors (Lipinski definition) is 5. The Morgan fingerprint density at radius 2 is 1.48 bits per heavy atom. The standard InChI is InChI=1S/C28H21F6N5O3/c29-27(30,31)19-6-2-1-4-17(19)26(42)39-12-10-38(11-13-39)22-7-3-5-18(23(22)28(32,33)34)25(41)37-24(40)16-8-9-20-21(14-16)36-15-35-20/h1-9,14-15H,10-13H2,(H,35,36)(H,37,40,41). The summed E-state index contributed by atoms with van der Waals surface area (Å²) in [5.41, 5.74) is -3.00. The van der Waals surface area contributed by atoms with E-state index in [0.717, 1.165) is 35.2 Å². The molecule has 0 spiro atoms. The molecule has 42 heavy (non-hydrogen) atoms. The summed E-state index contributed by atoms with van der Waals surface area (Å²) in [6.45, 7) is -0.602. The van der Waals surface area contributed by atoms with Crippen LogP contribution in [0.3, 0.4) is 0 Å². The van der Waals surface area contributed by atoms with E-state index in [1.165, 1.54) is 41.6 Å². The largest absolute Gasteiger partial charge is 0.419 e. The molecule has 1 aliphatic heterocycles. The highest BCUT2D eigenvalue weighted by molar-refractivity contribution is 6.12. The lowest BCUT2D eigenvalue weighted by molar-refractivity contribution is -0.138. The van der Waals surface area contributed by atoms with Crippen molar-refractivity contribution in [3.63, 3.8) is 0 Å². The first-order valence-electron chi connectivity index (χ1n) is 12.5. The van der Waals surface area contributed by atoms with E-state index < -0.39 is 52.3 Å². The quantitative estimate of drug-likeness (QED) is 0.254. The molecule has 0 saturated carbocycles. The smallest absolute Gasteiger partial charge is 0.367 e. The van der Waals surface area contributed by atoms with E-state index >= 15 is 0 Å². The number of aromatic amines is 1. The van der Waals surface area contributed by atoms with Gasteiger partial charge in [0, 0.05) is 37.4 Å². The number of fused-ring (bicyclic) bond motifs is 1. The number of H-pyrrole nitrogens is 1. The van der Waals surface area contributed by atoms with Gasteiger partial charge in [-0.15, -0.1) is 0 Å². The van der Waals surface area contributed by atoms with Gasteiger partial charge in [0.25, 0.3) is 17.7 Å². The van der Waals surface area contributed by atoms with E-state index in [-0.39, 0.29) is 37.4 Å². The third-order valence-corrected chi connectivity index (χ3v) is 6.85. The van der Waals surface area contributed by atoms with Gasteiger partial charge in [-0.1, -0.05) is 18.2 Å². The molecule has 1 saturated heterocycles. The van der Waals surface area contributed by atoms with Gasteiger partial charge in [0.1, 0.15) is 0 Å². The van der Waals surface area contributed by atoms with Crippen molar-refractivity contribution in [2.45, 2.75) is 12.4 Å². The van der Waals surface area contributed by atoms with Gasteiger partial charge in [0.15, 0.2) is 0 Å². The van der Waals surface area contributed by atoms with E-state index in [1.54, 1.807) is 0 Å². The first-order valence-corrected chi connectivity index (χ1v) is 12.5. The molecular weight excluding hydrogens is 568 g/mol. The van der Waals surface area contributed by atoms with Crippen LogP contribution in [-0.4, -0.2) is 58.8 Å². The maximum absolute atomic E-state index is 14.3. The molecule has 1 fully saturated rings. The van der Waals surface area contributed by atoms with Crippen molar-refractivity contribution in [1.29, 1.82) is 0 Å². The van der Waals surface area contributed by atoms with Gasteiger partial charge in [-0.2, -0.15) is 26.3 Å². The molecular formula is C28H21F6N5O3. The van der Waals surface area contributed by atoms with Crippen molar-refractivity contribution >= 4 is 34.4 Å². The number of alkyl halides is 6. The van der Waals surface area contributed by atoms with Crippen molar-refractivity contribution in [2.75, 3.05) is 31.1 Å². The maximum Gasteiger partial charge on any atom is 0.419 e. The lowest BCUT2D eigenvalue weighted by Crippen LogP contribution is -2.49. The van der Waals surface area contributed by atoms with Crippen LogP contribution in [0.5, 0.6) is 0 Å². The predicted molar refractivity (Wildman–Crippen MR) is 139 cm³/mol. The molecule has 0 unspecified atom stereocenters. The second-order valence-electron chi connectivity index (χ2n) is 9.44. The number of rotatable bonds is 4. The van der Waals surface area contributed by atoms with Crippen LogP contribution < -0.4 is 10.2 Å². The number of hydrogen-bond donors (Lipinski definition) is 2. The van der Waals surface area contributed by atoms with Crippen LogP contribution in [0, 0.1) is 0 Å². The molecule has 2 N–H and O–H groups in total. The fourth-order valence-corrected chi connectivity index (χ4v) is 4.85. The van der Waals surface area contributed by atoms with E-state index in [2.05, 4.69) is 9.97 Å². The Labute approximate surface area is 233 Å². The fourth-order valence-electron chi connectivity index (χ4n) is 4.85. The lowest BCUT2D eigenvalue weighted by Gasteiger charge is -2.37. The molecule has 4 aromatic rings. The minimum atomic E-state index is -5.00. The minimum Gasteiger partial charge on any atom is -0.367 e. The summed E-state index contributed by atoms with van der Waals surface area (Å²) in [6, 6.07) is 11.9. The Morgan fingerprint density at radius 3 is 2.17 bits per heavy atom. The number of aromatic nitrogens is 2. The number of anilines is 1. The summed E-state index contributed by atoms with van der Waals surface area (Å²) in [5.74, 6) is -3.07. The molecule has 0 aliphatic carbocycles. The average Bonchev–Trinajstić information content (AvgIpc) is 3.43. The number of imidazole rings is 1. The van der Waals surface area contributed by atoms with Gasteiger partial charge < -0.3 is 14.8 Å². The van der Waals surface area contributed by atoms with Crippen molar-refractivity contribution in [2.24, 2.45) is 0 Å². The monoisotopic (exact) mass is 589 g/mol. The molecule has 1 aliphatic rings. The Balaban J connectivity index is 1.36. The van der Waals surface area contributed by atoms with Gasteiger partial charge in [-0.3, -0.25) is 19.7 Å². The van der Waals surface area contributed by atoms with E-state index in [9.17, 15) is 40.7 Å².